The van der Waals surface area contributed by atoms with Crippen molar-refractivity contribution < 1.29 is 18.3 Å². The average Bonchev–Trinajstić information content (AvgIpc) is 2.57. The van der Waals surface area contributed by atoms with Crippen LogP contribution in [-0.2, 0) is 4.79 Å². The number of carbonyl (C=O) groups is 1. The number of methoxy groups -OCH3 is 1. The molecule has 3 nitrogen and oxygen atoms in total. The van der Waals surface area contributed by atoms with E-state index in [2.05, 4.69) is 17.4 Å². The number of halogens is 2. The van der Waals surface area contributed by atoms with Gasteiger partial charge in [-0.25, -0.2) is 8.78 Å². The van der Waals surface area contributed by atoms with Gasteiger partial charge in [-0.2, -0.15) is 12.6 Å². The highest BCUT2D eigenvalue weighted by Crippen LogP contribution is 2.30. The normalized spacial score (nSPS) is 19.9. The maximum atomic E-state index is 13.5. The van der Waals surface area contributed by atoms with Gasteiger partial charge >= 0.3 is 0 Å². The maximum Gasteiger partial charge on any atom is 0.228 e. The summed E-state index contributed by atoms with van der Waals surface area (Å²) in [4.78, 5) is 12.9. The van der Waals surface area contributed by atoms with Crippen molar-refractivity contribution in [2.75, 3.05) is 18.6 Å². The summed E-state index contributed by atoms with van der Waals surface area (Å²) in [5.41, 5.74) is 0.197. The monoisotopic (exact) mass is 259 g/mol. The molecule has 1 aliphatic heterocycles. The van der Waals surface area contributed by atoms with Gasteiger partial charge in [-0.05, 0) is 0 Å². The maximum absolute atomic E-state index is 13.5. The number of rotatable bonds is 2. The van der Waals surface area contributed by atoms with Crippen molar-refractivity contribution in [1.29, 1.82) is 0 Å². The van der Waals surface area contributed by atoms with Crippen LogP contribution in [-0.4, -0.2) is 24.8 Å². The molecule has 0 N–H and O–H groups in total. The molecule has 0 bridgehead atoms. The molecule has 0 aromatic heterocycles. The number of amides is 1. The third-order valence-electron chi connectivity index (χ3n) is 2.60. The molecule has 1 atom stereocenters. The Balaban J connectivity index is 2.37. The van der Waals surface area contributed by atoms with Gasteiger partial charge in [-0.15, -0.1) is 0 Å². The molecule has 17 heavy (non-hydrogen) atoms. The van der Waals surface area contributed by atoms with Gasteiger partial charge in [0.15, 0.2) is 17.4 Å². The van der Waals surface area contributed by atoms with Crippen LogP contribution < -0.4 is 9.64 Å². The summed E-state index contributed by atoms with van der Waals surface area (Å²) in [5, 5.41) is -0.101. The van der Waals surface area contributed by atoms with Gasteiger partial charge in [0.25, 0.3) is 0 Å². The van der Waals surface area contributed by atoms with Crippen LogP contribution in [0.4, 0.5) is 14.5 Å². The van der Waals surface area contributed by atoms with Gasteiger partial charge in [-0.3, -0.25) is 4.79 Å². The van der Waals surface area contributed by atoms with Crippen molar-refractivity contribution in [3.8, 4) is 5.75 Å². The zero-order chi connectivity index (χ0) is 12.6. The van der Waals surface area contributed by atoms with Crippen molar-refractivity contribution >= 4 is 24.2 Å². The summed E-state index contributed by atoms with van der Waals surface area (Å²) < 4.78 is 31.5. The quantitative estimate of drug-likeness (QED) is 0.823. The summed E-state index contributed by atoms with van der Waals surface area (Å²) >= 11 is 4.18. The van der Waals surface area contributed by atoms with Crippen LogP contribution in [0.15, 0.2) is 12.1 Å². The first-order valence-corrected chi connectivity index (χ1v) is 5.56. The molecule has 6 heteroatoms. The topological polar surface area (TPSA) is 29.5 Å². The molecule has 0 aliphatic carbocycles. The molecular formula is C11H11F2NO2S. The van der Waals surface area contributed by atoms with E-state index in [0.717, 1.165) is 12.1 Å². The van der Waals surface area contributed by atoms with Crippen LogP contribution in [0.2, 0.25) is 0 Å². The molecule has 1 aromatic carbocycles. The standard InChI is InChI=1S/C11H11F2NO2S/c1-16-11-8(12)2-6(3-9(11)13)14-5-7(17)4-10(14)15/h2-3,7,17H,4-5H2,1H3. The van der Waals surface area contributed by atoms with E-state index in [0.29, 0.717) is 6.54 Å². The number of anilines is 1. The lowest BCUT2D eigenvalue weighted by Crippen LogP contribution is -2.24. The highest BCUT2D eigenvalue weighted by molar-refractivity contribution is 7.81. The molecule has 1 heterocycles. The zero-order valence-electron chi connectivity index (χ0n) is 9.11. The van der Waals surface area contributed by atoms with E-state index in [4.69, 9.17) is 0 Å². The first kappa shape index (κ1) is 12.2. The van der Waals surface area contributed by atoms with Gasteiger partial charge in [0.2, 0.25) is 5.91 Å². The third kappa shape index (κ3) is 2.22. The summed E-state index contributed by atoms with van der Waals surface area (Å²) in [6.45, 7) is 0.354. The number of carbonyl (C=O) groups excluding carboxylic acids is 1. The van der Waals surface area contributed by atoms with Crippen LogP contribution >= 0.6 is 12.6 Å². The lowest BCUT2D eigenvalue weighted by molar-refractivity contribution is -0.117. The fourth-order valence-electron chi connectivity index (χ4n) is 1.84. The van der Waals surface area contributed by atoms with Crippen molar-refractivity contribution in [2.24, 2.45) is 0 Å². The highest BCUT2D eigenvalue weighted by atomic mass is 32.1. The summed E-state index contributed by atoms with van der Waals surface area (Å²) in [5.74, 6) is -2.27. The zero-order valence-corrected chi connectivity index (χ0v) is 10.0. The molecule has 2 rings (SSSR count). The Morgan fingerprint density at radius 2 is 2.00 bits per heavy atom. The minimum absolute atomic E-state index is 0.101. The third-order valence-corrected chi connectivity index (χ3v) is 2.95. The van der Waals surface area contributed by atoms with Crippen molar-refractivity contribution in [1.82, 2.24) is 0 Å². The fraction of sp³-hybridized carbons (Fsp3) is 0.364. The van der Waals surface area contributed by atoms with Crippen LogP contribution in [0.25, 0.3) is 0 Å². The predicted octanol–water partition coefficient (Wildman–Crippen LogP) is 2.01. The Bertz CT molecular complexity index is 444. The first-order chi connectivity index (χ1) is 8.02. The minimum Gasteiger partial charge on any atom is -0.491 e. The largest absolute Gasteiger partial charge is 0.491 e. The van der Waals surface area contributed by atoms with E-state index in [-0.39, 0.29) is 23.3 Å². The molecule has 92 valence electrons. The Morgan fingerprint density at radius 1 is 1.41 bits per heavy atom. The summed E-state index contributed by atoms with van der Waals surface area (Å²) in [6, 6.07) is 2.18. The predicted molar refractivity (Wildman–Crippen MR) is 62.7 cm³/mol. The van der Waals surface area contributed by atoms with Crippen molar-refractivity contribution in [2.45, 2.75) is 11.7 Å². The molecule has 1 unspecified atom stereocenters. The lowest BCUT2D eigenvalue weighted by Gasteiger charge is -2.17. The van der Waals surface area contributed by atoms with Gasteiger partial charge in [0.05, 0.1) is 7.11 Å². The molecule has 1 saturated heterocycles. The van der Waals surface area contributed by atoms with Crippen LogP contribution in [0.3, 0.4) is 0 Å². The summed E-state index contributed by atoms with van der Waals surface area (Å²) in [7, 11) is 1.19. The smallest absolute Gasteiger partial charge is 0.228 e. The average molecular weight is 259 g/mol. The van der Waals surface area contributed by atoms with E-state index < -0.39 is 17.4 Å². The van der Waals surface area contributed by atoms with Gasteiger partial charge in [-0.1, -0.05) is 0 Å². The van der Waals surface area contributed by atoms with E-state index in [9.17, 15) is 13.6 Å². The molecule has 0 saturated carbocycles. The van der Waals surface area contributed by atoms with E-state index in [1.807, 2.05) is 0 Å². The Kier molecular flexibility index (Phi) is 3.24. The first-order valence-electron chi connectivity index (χ1n) is 5.04. The van der Waals surface area contributed by atoms with Crippen LogP contribution in [0.1, 0.15) is 6.42 Å². The van der Waals surface area contributed by atoms with Gasteiger partial charge in [0.1, 0.15) is 0 Å². The fourth-order valence-corrected chi connectivity index (χ4v) is 2.16. The second kappa shape index (κ2) is 4.52. The lowest BCUT2D eigenvalue weighted by atomic mass is 10.2. The molecule has 1 aliphatic rings. The van der Waals surface area contributed by atoms with E-state index in [1.54, 1.807) is 0 Å². The van der Waals surface area contributed by atoms with Crippen molar-refractivity contribution in [3.63, 3.8) is 0 Å². The molecule has 1 fully saturated rings. The Hall–Kier alpha value is -1.30. The molecular weight excluding hydrogens is 248 g/mol. The van der Waals surface area contributed by atoms with Crippen LogP contribution in [0.5, 0.6) is 5.75 Å². The number of hydrogen-bond acceptors (Lipinski definition) is 3. The second-order valence-corrected chi connectivity index (χ2v) is 4.54. The number of thiol groups is 1. The van der Waals surface area contributed by atoms with E-state index >= 15 is 0 Å². The Labute approximate surface area is 103 Å². The molecule has 1 aromatic rings. The molecule has 0 radical (unpaired) electrons. The number of benzene rings is 1. The summed E-state index contributed by atoms with van der Waals surface area (Å²) in [6.07, 6.45) is 0.276. The number of nitrogens with zero attached hydrogens (tertiary/aromatic N) is 1. The number of ether oxygens (including phenoxy) is 1. The van der Waals surface area contributed by atoms with Crippen LogP contribution in [0, 0.1) is 11.6 Å². The van der Waals surface area contributed by atoms with Crippen molar-refractivity contribution in [3.05, 3.63) is 23.8 Å². The van der Waals surface area contributed by atoms with Gasteiger partial charge < -0.3 is 9.64 Å². The molecule has 0 spiro atoms. The molecule has 1 amide bonds. The van der Waals surface area contributed by atoms with Gasteiger partial charge in [0, 0.05) is 36.0 Å². The minimum atomic E-state index is -0.821. The number of hydrogen-bond donors (Lipinski definition) is 1. The SMILES string of the molecule is COc1c(F)cc(N2CC(S)CC2=O)cc1F. The van der Waals surface area contributed by atoms with E-state index in [1.165, 1.54) is 12.0 Å². The second-order valence-electron chi connectivity index (χ2n) is 3.80. The Morgan fingerprint density at radius 3 is 2.41 bits per heavy atom. The highest BCUT2D eigenvalue weighted by Gasteiger charge is 2.29.